The van der Waals surface area contributed by atoms with Crippen LogP contribution in [0.3, 0.4) is 0 Å². The highest BCUT2D eigenvalue weighted by atomic mass is 16.4. The number of carbonyl (C=O) groups excluding carboxylic acids is 1. The molecule has 6 heteroatoms. The quantitative estimate of drug-likeness (QED) is 0.318. The average molecular weight is 364 g/mol. The van der Waals surface area contributed by atoms with Crippen molar-refractivity contribution < 1.29 is 13.6 Å². The molecule has 0 saturated carbocycles. The SMILES string of the molecule is CCCC.Nc1ccc2cc(-c3nc4cc(C=O)ccc4o3)c(=O)oc2c1. The van der Waals surface area contributed by atoms with Crippen LogP contribution in [-0.2, 0) is 0 Å². The van der Waals surface area contributed by atoms with E-state index in [1.165, 1.54) is 12.8 Å². The number of hydrogen-bond donors (Lipinski definition) is 1. The van der Waals surface area contributed by atoms with Gasteiger partial charge >= 0.3 is 5.63 Å². The molecule has 0 unspecified atom stereocenters. The van der Waals surface area contributed by atoms with Crippen LogP contribution in [0.2, 0.25) is 0 Å². The lowest BCUT2D eigenvalue weighted by Crippen LogP contribution is -2.03. The molecule has 0 saturated heterocycles. The van der Waals surface area contributed by atoms with Crippen molar-refractivity contribution in [1.29, 1.82) is 0 Å². The maximum Gasteiger partial charge on any atom is 0.349 e. The van der Waals surface area contributed by atoms with Crippen molar-refractivity contribution in [3.63, 3.8) is 0 Å². The Kier molecular flexibility index (Phi) is 5.35. The van der Waals surface area contributed by atoms with Crippen LogP contribution in [0.4, 0.5) is 5.69 Å². The number of anilines is 1. The molecule has 0 fully saturated rings. The Morgan fingerprint density at radius 1 is 1.00 bits per heavy atom. The summed E-state index contributed by atoms with van der Waals surface area (Å²) < 4.78 is 10.9. The van der Waals surface area contributed by atoms with E-state index in [1.807, 2.05) is 0 Å². The van der Waals surface area contributed by atoms with Crippen LogP contribution in [-0.4, -0.2) is 11.3 Å². The van der Waals surface area contributed by atoms with Gasteiger partial charge in [-0.05, 0) is 36.4 Å². The Hall–Kier alpha value is -3.41. The maximum absolute atomic E-state index is 12.2. The number of unbranched alkanes of at least 4 members (excludes halogenated alkanes) is 1. The van der Waals surface area contributed by atoms with E-state index in [0.29, 0.717) is 33.3 Å². The monoisotopic (exact) mass is 364 g/mol. The summed E-state index contributed by atoms with van der Waals surface area (Å²) in [7, 11) is 0. The van der Waals surface area contributed by atoms with Crippen LogP contribution in [0.15, 0.2) is 56.1 Å². The fourth-order valence-electron chi connectivity index (χ4n) is 2.41. The third-order valence-corrected chi connectivity index (χ3v) is 4.04. The predicted molar refractivity (Wildman–Crippen MR) is 106 cm³/mol. The van der Waals surface area contributed by atoms with Crippen LogP contribution >= 0.6 is 0 Å². The molecule has 138 valence electrons. The molecule has 2 aromatic carbocycles. The number of carbonyl (C=O) groups is 1. The van der Waals surface area contributed by atoms with Crippen molar-refractivity contribution in [2.24, 2.45) is 0 Å². The second-order valence-electron chi connectivity index (χ2n) is 6.11. The zero-order valence-corrected chi connectivity index (χ0v) is 15.2. The number of fused-ring (bicyclic) bond motifs is 2. The highest BCUT2D eigenvalue weighted by Crippen LogP contribution is 2.25. The van der Waals surface area contributed by atoms with E-state index in [9.17, 15) is 9.59 Å². The van der Waals surface area contributed by atoms with Crippen LogP contribution < -0.4 is 11.4 Å². The normalized spacial score (nSPS) is 10.6. The van der Waals surface area contributed by atoms with E-state index in [2.05, 4.69) is 18.8 Å². The Morgan fingerprint density at radius 3 is 2.48 bits per heavy atom. The Morgan fingerprint density at radius 2 is 1.78 bits per heavy atom. The van der Waals surface area contributed by atoms with Crippen molar-refractivity contribution in [2.45, 2.75) is 26.7 Å². The first-order chi connectivity index (χ1) is 13.0. The minimum atomic E-state index is -0.565. The number of nitrogens with zero attached hydrogens (tertiary/aromatic N) is 1. The number of oxazole rings is 1. The second-order valence-corrected chi connectivity index (χ2v) is 6.11. The molecule has 0 radical (unpaired) electrons. The highest BCUT2D eigenvalue weighted by molar-refractivity contribution is 5.86. The predicted octanol–water partition coefficient (Wildman–Crippen LogP) is 4.80. The van der Waals surface area contributed by atoms with Gasteiger partial charge in [-0.25, -0.2) is 9.78 Å². The fourth-order valence-corrected chi connectivity index (χ4v) is 2.41. The number of rotatable bonds is 3. The number of nitrogen functional groups attached to an aromatic ring is 1. The van der Waals surface area contributed by atoms with Gasteiger partial charge in [-0.15, -0.1) is 0 Å². The molecule has 0 amide bonds. The molecule has 4 aromatic rings. The van der Waals surface area contributed by atoms with Gasteiger partial charge in [-0.2, -0.15) is 0 Å². The summed E-state index contributed by atoms with van der Waals surface area (Å²) in [5.41, 5.74) is 7.72. The molecule has 2 heterocycles. The third-order valence-electron chi connectivity index (χ3n) is 4.04. The highest BCUT2D eigenvalue weighted by Gasteiger charge is 2.15. The molecule has 0 aliphatic heterocycles. The second kappa shape index (κ2) is 7.86. The first-order valence-corrected chi connectivity index (χ1v) is 8.75. The van der Waals surface area contributed by atoms with Crippen LogP contribution in [0.1, 0.15) is 37.0 Å². The molecule has 0 spiro atoms. The van der Waals surface area contributed by atoms with Gasteiger partial charge in [0.1, 0.15) is 22.9 Å². The van der Waals surface area contributed by atoms with Gasteiger partial charge < -0.3 is 14.6 Å². The standard InChI is InChI=1S/C17H10N2O4.C4H10/c18-11-3-2-10-6-12(17(21)23-15(10)7-11)16-19-13-5-9(8-20)1-4-14(13)22-16;1-3-4-2/h1-8H,18H2;3-4H2,1-2H3. The smallest absolute Gasteiger partial charge is 0.349 e. The Balaban J connectivity index is 0.000000481. The summed E-state index contributed by atoms with van der Waals surface area (Å²) in [6.45, 7) is 4.36. The van der Waals surface area contributed by atoms with Crippen LogP contribution in [0.25, 0.3) is 33.5 Å². The van der Waals surface area contributed by atoms with Crippen LogP contribution in [0, 0.1) is 0 Å². The van der Waals surface area contributed by atoms with Gasteiger partial charge in [0, 0.05) is 22.7 Å². The Labute approximate surface area is 155 Å². The van der Waals surface area contributed by atoms with E-state index in [0.717, 1.165) is 6.29 Å². The lowest BCUT2D eigenvalue weighted by Gasteiger charge is -2.00. The summed E-state index contributed by atoms with van der Waals surface area (Å²) in [6.07, 6.45) is 3.36. The lowest BCUT2D eigenvalue weighted by molar-refractivity contribution is 0.112. The van der Waals surface area contributed by atoms with E-state index in [1.54, 1.807) is 42.5 Å². The number of aromatic nitrogens is 1. The molecular weight excluding hydrogens is 344 g/mol. The summed E-state index contributed by atoms with van der Waals surface area (Å²) >= 11 is 0. The lowest BCUT2D eigenvalue weighted by atomic mass is 10.1. The molecule has 0 atom stereocenters. The zero-order chi connectivity index (χ0) is 19.4. The van der Waals surface area contributed by atoms with E-state index in [-0.39, 0.29) is 11.5 Å². The third kappa shape index (κ3) is 3.89. The maximum atomic E-state index is 12.2. The number of aldehydes is 1. The van der Waals surface area contributed by atoms with Gasteiger partial charge in [0.2, 0.25) is 5.89 Å². The molecule has 4 rings (SSSR count). The van der Waals surface area contributed by atoms with Crippen molar-refractivity contribution in [2.75, 3.05) is 5.73 Å². The van der Waals surface area contributed by atoms with E-state index >= 15 is 0 Å². The molecular formula is C21H20N2O4. The van der Waals surface area contributed by atoms with Gasteiger partial charge in [0.05, 0.1) is 0 Å². The number of hydrogen-bond acceptors (Lipinski definition) is 6. The van der Waals surface area contributed by atoms with E-state index in [4.69, 9.17) is 14.6 Å². The van der Waals surface area contributed by atoms with Gasteiger partial charge in [0.25, 0.3) is 0 Å². The van der Waals surface area contributed by atoms with Crippen molar-refractivity contribution in [1.82, 2.24) is 4.98 Å². The minimum absolute atomic E-state index is 0.149. The van der Waals surface area contributed by atoms with Gasteiger partial charge in [0.15, 0.2) is 5.58 Å². The van der Waals surface area contributed by atoms with Crippen LogP contribution in [0.5, 0.6) is 0 Å². The molecule has 2 aromatic heterocycles. The fraction of sp³-hybridized carbons (Fsp3) is 0.190. The molecule has 0 bridgehead atoms. The summed E-state index contributed by atoms with van der Waals surface area (Å²) in [4.78, 5) is 27.3. The summed E-state index contributed by atoms with van der Waals surface area (Å²) in [6, 6.07) is 11.6. The molecule has 2 N–H and O–H groups in total. The number of nitrogens with two attached hydrogens (primary N) is 1. The van der Waals surface area contributed by atoms with Crippen molar-refractivity contribution >= 4 is 34.0 Å². The van der Waals surface area contributed by atoms with Gasteiger partial charge in [-0.3, -0.25) is 4.79 Å². The molecule has 0 aliphatic carbocycles. The number of benzene rings is 2. The Bertz CT molecular complexity index is 1160. The largest absolute Gasteiger partial charge is 0.436 e. The zero-order valence-electron chi connectivity index (χ0n) is 15.2. The molecule has 0 aliphatic rings. The molecule has 6 nitrogen and oxygen atoms in total. The minimum Gasteiger partial charge on any atom is -0.436 e. The van der Waals surface area contributed by atoms with Gasteiger partial charge in [-0.1, -0.05) is 26.7 Å². The average Bonchev–Trinajstić information content (AvgIpc) is 3.10. The first-order valence-electron chi connectivity index (χ1n) is 8.75. The summed E-state index contributed by atoms with van der Waals surface area (Å²) in [5, 5.41) is 0.713. The van der Waals surface area contributed by atoms with E-state index < -0.39 is 5.63 Å². The topological polar surface area (TPSA) is 99.3 Å². The van der Waals surface area contributed by atoms with Crippen molar-refractivity contribution in [3.8, 4) is 11.5 Å². The summed E-state index contributed by atoms with van der Waals surface area (Å²) in [5.74, 6) is 0.149. The first kappa shape index (κ1) is 18.4. The molecule has 27 heavy (non-hydrogen) atoms. The van der Waals surface area contributed by atoms with Crippen molar-refractivity contribution in [3.05, 3.63) is 58.4 Å².